The molecule has 4 aromatic rings. The summed E-state index contributed by atoms with van der Waals surface area (Å²) in [4.78, 5) is 13.3. The first kappa shape index (κ1) is 24.9. The summed E-state index contributed by atoms with van der Waals surface area (Å²) in [7, 11) is -1.24. The fraction of sp³-hybridized carbons (Fsp3) is 0.174. The van der Waals surface area contributed by atoms with Crippen molar-refractivity contribution < 1.29 is 22.7 Å². The quantitative estimate of drug-likeness (QED) is 0.335. The van der Waals surface area contributed by atoms with Crippen LogP contribution in [0, 0.1) is 0 Å². The normalized spacial score (nSPS) is 12.3. The first-order valence-corrected chi connectivity index (χ1v) is 12.9. The molecule has 182 valence electrons. The van der Waals surface area contributed by atoms with Gasteiger partial charge in [0.05, 0.1) is 36.7 Å². The van der Waals surface area contributed by atoms with Crippen LogP contribution in [0.5, 0.6) is 11.5 Å². The highest BCUT2D eigenvalue weighted by atomic mass is 35.5. The first-order valence-electron chi connectivity index (χ1n) is 10.3. The molecular formula is C23H21ClN4O5S2. The highest BCUT2D eigenvalue weighted by Gasteiger charge is 2.29. The van der Waals surface area contributed by atoms with E-state index >= 15 is 0 Å². The maximum Gasteiger partial charge on any atom is 0.243 e. The predicted molar refractivity (Wildman–Crippen MR) is 135 cm³/mol. The molecule has 0 aliphatic heterocycles. The lowest BCUT2D eigenvalue weighted by molar-refractivity contribution is -0.117. The molecule has 1 amide bonds. The van der Waals surface area contributed by atoms with E-state index in [-0.39, 0.29) is 27.5 Å². The lowest BCUT2D eigenvalue weighted by Crippen LogP contribution is -2.45. The summed E-state index contributed by atoms with van der Waals surface area (Å²) in [5.74, 6) is 0.0767. The number of rotatable bonds is 9. The molecular weight excluding hydrogens is 512 g/mol. The number of aromatic nitrogens is 2. The van der Waals surface area contributed by atoms with Gasteiger partial charge in [0.25, 0.3) is 0 Å². The molecule has 0 saturated carbocycles. The second-order valence-electron chi connectivity index (χ2n) is 7.43. The number of amides is 1. The molecule has 0 aliphatic rings. The molecule has 12 heteroatoms. The monoisotopic (exact) mass is 532 g/mol. The van der Waals surface area contributed by atoms with Crippen molar-refractivity contribution in [3.05, 3.63) is 71.2 Å². The van der Waals surface area contributed by atoms with Gasteiger partial charge in [-0.05, 0) is 30.2 Å². The lowest BCUT2D eigenvalue weighted by atomic mass is 10.1. The van der Waals surface area contributed by atoms with Crippen LogP contribution < -0.4 is 19.5 Å². The number of hydrogen-bond acceptors (Lipinski definition) is 8. The van der Waals surface area contributed by atoms with Gasteiger partial charge >= 0.3 is 0 Å². The van der Waals surface area contributed by atoms with Crippen molar-refractivity contribution in [2.75, 3.05) is 19.5 Å². The number of ether oxygens (including phenoxy) is 2. The second kappa shape index (κ2) is 10.6. The summed E-state index contributed by atoms with van der Waals surface area (Å²) >= 11 is 7.14. The molecule has 0 aliphatic carbocycles. The molecule has 9 nitrogen and oxygen atoms in total. The van der Waals surface area contributed by atoms with Crippen LogP contribution >= 0.6 is 23.3 Å². The molecule has 4 rings (SSSR count). The van der Waals surface area contributed by atoms with E-state index in [1.807, 2.05) is 30.3 Å². The number of benzene rings is 3. The standard InChI is InChI=1S/C23H21ClN4O5S2/c1-32-19-13-20(33-2)17(12-15(19)24)25-23(29)18(11-14-7-4-3-5-8-14)28-35(30,31)21-10-6-9-16-22(21)27-34-26-16/h3-10,12-13,18,28H,11H2,1-2H3,(H,25,29)/t18-/m0/s1. The highest BCUT2D eigenvalue weighted by molar-refractivity contribution is 7.89. The van der Waals surface area contributed by atoms with Crippen molar-refractivity contribution in [1.29, 1.82) is 0 Å². The van der Waals surface area contributed by atoms with Crippen molar-refractivity contribution in [1.82, 2.24) is 13.5 Å². The fourth-order valence-electron chi connectivity index (χ4n) is 3.46. The Hall–Kier alpha value is -3.25. The average molecular weight is 533 g/mol. The van der Waals surface area contributed by atoms with Crippen LogP contribution in [0.2, 0.25) is 5.02 Å². The van der Waals surface area contributed by atoms with Gasteiger partial charge in [-0.15, -0.1) is 0 Å². The van der Waals surface area contributed by atoms with Gasteiger partial charge in [-0.2, -0.15) is 13.5 Å². The Labute approximate surface area is 211 Å². The van der Waals surface area contributed by atoms with Gasteiger partial charge in [-0.25, -0.2) is 8.42 Å². The fourth-order valence-corrected chi connectivity index (χ4v) is 5.67. The highest BCUT2D eigenvalue weighted by Crippen LogP contribution is 2.36. The number of anilines is 1. The van der Waals surface area contributed by atoms with E-state index in [1.54, 1.807) is 12.1 Å². The number of nitrogens with one attached hydrogen (secondary N) is 2. The zero-order chi connectivity index (χ0) is 25.0. The second-order valence-corrected chi connectivity index (χ2v) is 10.0. The number of carbonyl (C=O) groups excluding carboxylic acids is 1. The minimum absolute atomic E-state index is 0.0558. The average Bonchev–Trinajstić information content (AvgIpc) is 3.33. The molecule has 0 bridgehead atoms. The van der Waals surface area contributed by atoms with E-state index in [0.717, 1.165) is 17.3 Å². The van der Waals surface area contributed by atoms with E-state index in [2.05, 4.69) is 18.8 Å². The van der Waals surface area contributed by atoms with E-state index in [4.69, 9.17) is 21.1 Å². The Morgan fingerprint density at radius 2 is 1.77 bits per heavy atom. The van der Waals surface area contributed by atoms with Crippen LogP contribution in [0.4, 0.5) is 5.69 Å². The Bertz CT molecular complexity index is 1460. The van der Waals surface area contributed by atoms with Crippen molar-refractivity contribution in [2.45, 2.75) is 17.4 Å². The number of methoxy groups -OCH3 is 2. The van der Waals surface area contributed by atoms with E-state index < -0.39 is 22.0 Å². The third-order valence-corrected chi connectivity index (χ3v) is 7.51. The van der Waals surface area contributed by atoms with Crippen molar-refractivity contribution in [3.63, 3.8) is 0 Å². The lowest BCUT2D eigenvalue weighted by Gasteiger charge is -2.20. The Balaban J connectivity index is 1.67. The summed E-state index contributed by atoms with van der Waals surface area (Å²) in [6.07, 6.45) is 0.101. The topological polar surface area (TPSA) is 120 Å². The van der Waals surface area contributed by atoms with Crippen LogP contribution in [0.3, 0.4) is 0 Å². The Kier molecular flexibility index (Phi) is 7.51. The third kappa shape index (κ3) is 5.54. The smallest absolute Gasteiger partial charge is 0.243 e. The Morgan fingerprint density at radius 3 is 2.49 bits per heavy atom. The maximum absolute atomic E-state index is 13.4. The van der Waals surface area contributed by atoms with Gasteiger partial charge in [-0.1, -0.05) is 48.0 Å². The molecule has 3 aromatic carbocycles. The SMILES string of the molecule is COc1cc(OC)c(NC(=O)[C@H](Cc2ccccc2)NS(=O)(=O)c2cccc3nsnc23)cc1Cl. The van der Waals surface area contributed by atoms with Crippen LogP contribution in [-0.2, 0) is 21.2 Å². The largest absolute Gasteiger partial charge is 0.495 e. The van der Waals surface area contributed by atoms with Gasteiger partial charge in [0, 0.05) is 6.07 Å². The number of fused-ring (bicyclic) bond motifs is 1. The molecule has 0 saturated heterocycles. The molecule has 1 atom stereocenters. The summed E-state index contributed by atoms with van der Waals surface area (Å²) in [5.41, 5.74) is 1.74. The van der Waals surface area contributed by atoms with Crippen LogP contribution in [0.15, 0.2) is 65.6 Å². The van der Waals surface area contributed by atoms with Crippen molar-refractivity contribution in [2.24, 2.45) is 0 Å². The maximum atomic E-state index is 13.4. The molecule has 0 radical (unpaired) electrons. The first-order chi connectivity index (χ1) is 16.8. The number of sulfonamides is 1. The summed E-state index contributed by atoms with van der Waals surface area (Å²) in [6.45, 7) is 0. The molecule has 1 heterocycles. The number of carbonyl (C=O) groups is 1. The van der Waals surface area contributed by atoms with E-state index in [1.165, 1.54) is 32.4 Å². The number of halogens is 1. The van der Waals surface area contributed by atoms with Crippen molar-refractivity contribution >= 4 is 56.0 Å². The summed E-state index contributed by atoms with van der Waals surface area (Å²) < 4.78 is 48.0. The summed E-state index contributed by atoms with van der Waals surface area (Å²) in [5, 5.41) is 2.98. The van der Waals surface area contributed by atoms with Crippen LogP contribution in [0.1, 0.15) is 5.56 Å². The predicted octanol–water partition coefficient (Wildman–Crippen LogP) is 3.89. The van der Waals surface area contributed by atoms with Gasteiger partial charge in [0.2, 0.25) is 15.9 Å². The van der Waals surface area contributed by atoms with Crippen LogP contribution in [-0.4, -0.2) is 43.3 Å². The van der Waals surface area contributed by atoms with E-state index in [0.29, 0.717) is 17.0 Å². The van der Waals surface area contributed by atoms with Gasteiger partial charge < -0.3 is 14.8 Å². The minimum Gasteiger partial charge on any atom is -0.495 e. The molecule has 0 fully saturated rings. The van der Waals surface area contributed by atoms with Gasteiger partial charge in [-0.3, -0.25) is 4.79 Å². The Morgan fingerprint density at radius 1 is 1.03 bits per heavy atom. The van der Waals surface area contributed by atoms with Gasteiger partial charge in [0.1, 0.15) is 33.5 Å². The van der Waals surface area contributed by atoms with Crippen molar-refractivity contribution in [3.8, 4) is 11.5 Å². The molecule has 2 N–H and O–H groups in total. The zero-order valence-corrected chi connectivity index (χ0v) is 21.1. The minimum atomic E-state index is -4.13. The molecule has 0 unspecified atom stereocenters. The number of nitrogens with zero attached hydrogens (tertiary/aromatic N) is 2. The zero-order valence-electron chi connectivity index (χ0n) is 18.7. The van der Waals surface area contributed by atoms with Gasteiger partial charge in [0.15, 0.2) is 0 Å². The molecule has 1 aromatic heterocycles. The number of hydrogen-bond donors (Lipinski definition) is 2. The van der Waals surface area contributed by atoms with Crippen LogP contribution in [0.25, 0.3) is 11.0 Å². The molecule has 0 spiro atoms. The van der Waals surface area contributed by atoms with E-state index in [9.17, 15) is 13.2 Å². The summed E-state index contributed by atoms with van der Waals surface area (Å²) in [6, 6.07) is 15.6. The third-order valence-electron chi connectivity index (χ3n) is 5.17. The molecule has 35 heavy (non-hydrogen) atoms.